The topological polar surface area (TPSA) is 52.9 Å². The molecule has 0 spiro atoms. The van der Waals surface area contributed by atoms with Gasteiger partial charge in [0.25, 0.3) is 0 Å². The molecule has 0 heterocycles. The van der Waals surface area contributed by atoms with Crippen molar-refractivity contribution in [2.24, 2.45) is 5.41 Å². The Morgan fingerprint density at radius 3 is 2.55 bits per heavy atom. The van der Waals surface area contributed by atoms with Crippen molar-refractivity contribution in [1.82, 2.24) is 5.32 Å². The first-order valence-electron chi connectivity index (χ1n) is 7.21. The zero-order chi connectivity index (χ0) is 16.2. The maximum Gasteiger partial charge on any atom is 0.231 e. The third-order valence-corrected chi connectivity index (χ3v) is 4.39. The minimum absolute atomic E-state index is 0.111. The van der Waals surface area contributed by atoms with Gasteiger partial charge in [0.2, 0.25) is 5.91 Å². The lowest BCUT2D eigenvalue weighted by atomic mass is 9.88. The molecule has 1 atom stereocenters. The third-order valence-electron chi connectivity index (χ3n) is 3.39. The van der Waals surface area contributed by atoms with E-state index in [9.17, 15) is 4.79 Å². The van der Waals surface area contributed by atoms with E-state index >= 15 is 0 Å². The highest BCUT2D eigenvalue weighted by atomic mass is 32.2. The van der Waals surface area contributed by atoms with Crippen LogP contribution in [0.4, 0.5) is 0 Å². The smallest absolute Gasteiger partial charge is 0.231 e. The van der Waals surface area contributed by atoms with E-state index in [-0.39, 0.29) is 11.3 Å². The summed E-state index contributed by atoms with van der Waals surface area (Å²) in [6.45, 7) is 5.83. The molecule has 1 unspecified atom stereocenters. The second-order valence-electron chi connectivity index (χ2n) is 6.29. The van der Waals surface area contributed by atoms with Gasteiger partial charge in [-0.05, 0) is 28.3 Å². The Kier molecular flexibility index (Phi) is 5.10. The third kappa shape index (κ3) is 4.25. The van der Waals surface area contributed by atoms with Gasteiger partial charge in [-0.25, -0.2) is 0 Å². The normalized spacial score (nSPS) is 12.6. The second kappa shape index (κ2) is 6.85. The average Bonchev–Trinajstić information content (AvgIpc) is 2.49. The summed E-state index contributed by atoms with van der Waals surface area (Å²) < 4.78 is 0. The van der Waals surface area contributed by atoms with Crippen LogP contribution in [0.15, 0.2) is 47.4 Å². The van der Waals surface area contributed by atoms with Crippen LogP contribution in [0, 0.1) is 16.7 Å². The van der Waals surface area contributed by atoms with Crippen LogP contribution in [0.5, 0.6) is 0 Å². The van der Waals surface area contributed by atoms with E-state index < -0.39 is 6.04 Å². The number of nitriles is 1. The number of amides is 1. The Bertz CT molecular complexity index is 713. The van der Waals surface area contributed by atoms with Crippen LogP contribution in [0.1, 0.15) is 20.8 Å². The van der Waals surface area contributed by atoms with Gasteiger partial charge >= 0.3 is 0 Å². The van der Waals surface area contributed by atoms with Gasteiger partial charge in [-0.15, -0.1) is 11.8 Å². The summed E-state index contributed by atoms with van der Waals surface area (Å²) in [6, 6.07) is 16.0. The molecule has 0 bridgehead atoms. The molecule has 3 nitrogen and oxygen atoms in total. The summed E-state index contributed by atoms with van der Waals surface area (Å²) in [5.41, 5.74) is -0.266. The number of thioether (sulfide) groups is 1. The van der Waals surface area contributed by atoms with Crippen LogP contribution in [0.3, 0.4) is 0 Å². The van der Waals surface area contributed by atoms with Gasteiger partial charge in [0, 0.05) is 4.90 Å². The van der Waals surface area contributed by atoms with Gasteiger partial charge in [-0.3, -0.25) is 4.79 Å². The maximum absolute atomic E-state index is 12.0. The number of hydrogen-bond donors (Lipinski definition) is 1. The maximum atomic E-state index is 12.0. The van der Waals surface area contributed by atoms with Crippen molar-refractivity contribution in [1.29, 1.82) is 5.26 Å². The van der Waals surface area contributed by atoms with Gasteiger partial charge in [-0.2, -0.15) is 5.26 Å². The molecular formula is C18H20N2OS. The number of rotatable bonds is 4. The monoisotopic (exact) mass is 312 g/mol. The highest BCUT2D eigenvalue weighted by Gasteiger charge is 2.25. The Morgan fingerprint density at radius 1 is 1.23 bits per heavy atom. The SMILES string of the molecule is CC(C)(C)C(C#N)NC(=O)CSc1ccc2ccccc2c1. The predicted octanol–water partition coefficient (Wildman–Crippen LogP) is 3.99. The number of hydrogen-bond acceptors (Lipinski definition) is 3. The van der Waals surface area contributed by atoms with E-state index in [4.69, 9.17) is 5.26 Å². The van der Waals surface area contributed by atoms with Gasteiger partial charge in [-0.1, -0.05) is 51.1 Å². The number of benzene rings is 2. The Hall–Kier alpha value is -1.99. The molecule has 0 aliphatic rings. The molecule has 4 heteroatoms. The Labute approximate surface area is 135 Å². The zero-order valence-corrected chi connectivity index (χ0v) is 13.9. The number of carbonyl (C=O) groups excluding carboxylic acids is 1. The lowest BCUT2D eigenvalue weighted by molar-refractivity contribution is -0.119. The number of fused-ring (bicyclic) bond motifs is 1. The van der Waals surface area contributed by atoms with Crippen LogP contribution < -0.4 is 5.32 Å². The van der Waals surface area contributed by atoms with Crippen molar-refractivity contribution < 1.29 is 4.79 Å². The van der Waals surface area contributed by atoms with Gasteiger partial charge in [0.05, 0.1) is 11.8 Å². The number of carbonyl (C=O) groups is 1. The molecule has 2 aromatic carbocycles. The minimum atomic E-state index is -0.475. The van der Waals surface area contributed by atoms with Crippen LogP contribution in [0.2, 0.25) is 0 Å². The largest absolute Gasteiger partial charge is 0.339 e. The molecule has 0 saturated carbocycles. The summed E-state index contributed by atoms with van der Waals surface area (Å²) in [5.74, 6) is 0.201. The quantitative estimate of drug-likeness (QED) is 0.869. The van der Waals surface area contributed by atoms with Crippen molar-refractivity contribution in [2.75, 3.05) is 5.75 Å². The van der Waals surface area contributed by atoms with E-state index in [2.05, 4.69) is 35.7 Å². The summed E-state index contributed by atoms with van der Waals surface area (Å²) in [4.78, 5) is 13.1. The molecule has 22 heavy (non-hydrogen) atoms. The summed E-state index contributed by atoms with van der Waals surface area (Å²) in [5, 5.41) is 14.3. The van der Waals surface area contributed by atoms with Crippen LogP contribution in [-0.2, 0) is 4.79 Å². The molecule has 0 radical (unpaired) electrons. The van der Waals surface area contributed by atoms with E-state index in [0.717, 1.165) is 10.3 Å². The molecule has 0 aliphatic carbocycles. The zero-order valence-electron chi connectivity index (χ0n) is 13.1. The molecule has 0 saturated heterocycles. The van der Waals surface area contributed by atoms with E-state index in [1.165, 1.54) is 17.1 Å². The molecule has 114 valence electrons. The van der Waals surface area contributed by atoms with E-state index in [0.29, 0.717) is 5.75 Å². The Balaban J connectivity index is 1.96. The molecular weight excluding hydrogens is 292 g/mol. The van der Waals surface area contributed by atoms with Crippen LogP contribution in [-0.4, -0.2) is 17.7 Å². The number of nitrogens with one attached hydrogen (secondary N) is 1. The lowest BCUT2D eigenvalue weighted by Crippen LogP contribution is -2.43. The standard InChI is InChI=1S/C18H20N2OS/c1-18(2,3)16(11-19)20-17(21)12-22-15-9-8-13-6-4-5-7-14(13)10-15/h4-10,16H,12H2,1-3H3,(H,20,21). The fourth-order valence-corrected chi connectivity index (χ4v) is 2.81. The van der Waals surface area contributed by atoms with Crippen LogP contribution in [0.25, 0.3) is 10.8 Å². The first-order chi connectivity index (χ1) is 10.4. The van der Waals surface area contributed by atoms with Crippen molar-refractivity contribution in [2.45, 2.75) is 31.7 Å². The summed E-state index contributed by atoms with van der Waals surface area (Å²) in [6.07, 6.45) is 0. The van der Waals surface area contributed by atoms with Crippen molar-refractivity contribution in [3.63, 3.8) is 0 Å². The first-order valence-corrected chi connectivity index (χ1v) is 8.19. The molecule has 2 rings (SSSR count). The van der Waals surface area contributed by atoms with Crippen molar-refractivity contribution >= 4 is 28.4 Å². The van der Waals surface area contributed by atoms with E-state index in [1.807, 2.05) is 39.0 Å². The fourth-order valence-electron chi connectivity index (χ4n) is 2.05. The summed E-state index contributed by atoms with van der Waals surface area (Å²) in [7, 11) is 0. The highest BCUT2D eigenvalue weighted by molar-refractivity contribution is 8.00. The summed E-state index contributed by atoms with van der Waals surface area (Å²) >= 11 is 1.49. The molecule has 2 aromatic rings. The molecule has 0 aromatic heterocycles. The van der Waals surface area contributed by atoms with Gasteiger partial charge in [0.15, 0.2) is 0 Å². The minimum Gasteiger partial charge on any atom is -0.339 e. The molecule has 0 fully saturated rings. The van der Waals surface area contributed by atoms with Crippen molar-refractivity contribution in [3.05, 3.63) is 42.5 Å². The second-order valence-corrected chi connectivity index (χ2v) is 7.34. The molecule has 1 amide bonds. The first kappa shape index (κ1) is 16.4. The van der Waals surface area contributed by atoms with Gasteiger partial charge < -0.3 is 5.32 Å². The average molecular weight is 312 g/mol. The highest BCUT2D eigenvalue weighted by Crippen LogP contribution is 2.24. The van der Waals surface area contributed by atoms with E-state index in [1.54, 1.807) is 0 Å². The Morgan fingerprint density at radius 2 is 1.91 bits per heavy atom. The molecule has 0 aliphatic heterocycles. The van der Waals surface area contributed by atoms with Crippen molar-refractivity contribution in [3.8, 4) is 6.07 Å². The predicted molar refractivity (Wildman–Crippen MR) is 91.7 cm³/mol. The molecule has 1 N–H and O–H groups in total. The van der Waals surface area contributed by atoms with Gasteiger partial charge in [0.1, 0.15) is 6.04 Å². The lowest BCUT2D eigenvalue weighted by Gasteiger charge is -2.25. The van der Waals surface area contributed by atoms with Crippen LogP contribution >= 0.6 is 11.8 Å². The fraction of sp³-hybridized carbons (Fsp3) is 0.333. The number of nitrogens with zero attached hydrogens (tertiary/aromatic N) is 1.